The van der Waals surface area contributed by atoms with Crippen molar-refractivity contribution >= 4 is 29.7 Å². The van der Waals surface area contributed by atoms with Gasteiger partial charge in [-0.25, -0.2) is 0 Å². The molecular weight excluding hydrogens is 522 g/mol. The number of esters is 3. The van der Waals surface area contributed by atoms with Crippen LogP contribution in [0.5, 0.6) is 17.2 Å². The first-order valence-corrected chi connectivity index (χ1v) is 11.9. The zero-order valence-corrected chi connectivity index (χ0v) is 22.4. The molecule has 2 heterocycles. The molecule has 5 atom stereocenters. The molecule has 0 aliphatic carbocycles. The molecule has 0 radical (unpaired) electrons. The van der Waals surface area contributed by atoms with Crippen LogP contribution in [0.25, 0.3) is 0 Å². The number of methoxy groups -OCH3 is 3. The second kappa shape index (κ2) is 12.8. The lowest BCUT2D eigenvalue weighted by Gasteiger charge is -2.49. The van der Waals surface area contributed by atoms with Crippen LogP contribution in [0.2, 0.25) is 0 Å². The normalized spacial score (nSPS) is 25.0. The summed E-state index contributed by atoms with van der Waals surface area (Å²) in [6.07, 6.45) is -5.33. The number of morpholine rings is 1. The van der Waals surface area contributed by atoms with Crippen LogP contribution in [0.15, 0.2) is 12.1 Å². The van der Waals surface area contributed by atoms with Crippen LogP contribution in [0.4, 0.5) is 0 Å². The highest BCUT2D eigenvalue weighted by Gasteiger charge is 2.56. The van der Waals surface area contributed by atoms with Gasteiger partial charge in [-0.1, -0.05) is 0 Å². The van der Waals surface area contributed by atoms with Crippen LogP contribution < -0.4 is 14.2 Å². The van der Waals surface area contributed by atoms with E-state index < -0.39 is 80.0 Å². The van der Waals surface area contributed by atoms with Gasteiger partial charge in [0, 0.05) is 32.9 Å². The third kappa shape index (κ3) is 6.57. The highest BCUT2D eigenvalue weighted by atomic mass is 16.6. The molecule has 0 bridgehead atoms. The molecule has 14 nitrogen and oxygen atoms in total. The van der Waals surface area contributed by atoms with Crippen LogP contribution >= 0.6 is 0 Å². The predicted molar refractivity (Wildman–Crippen MR) is 128 cm³/mol. The molecular formula is C25H31NO13. The van der Waals surface area contributed by atoms with Gasteiger partial charge in [-0.3, -0.25) is 28.9 Å². The lowest BCUT2D eigenvalue weighted by Crippen LogP contribution is -2.67. The fourth-order valence-electron chi connectivity index (χ4n) is 4.59. The quantitative estimate of drug-likeness (QED) is 0.234. The fourth-order valence-corrected chi connectivity index (χ4v) is 4.59. The van der Waals surface area contributed by atoms with Gasteiger partial charge in [0.15, 0.2) is 12.2 Å². The van der Waals surface area contributed by atoms with E-state index in [1.54, 1.807) is 0 Å². The number of ether oxygens (including phenoxy) is 8. The summed E-state index contributed by atoms with van der Waals surface area (Å²) >= 11 is 0. The molecule has 2 aliphatic heterocycles. The van der Waals surface area contributed by atoms with E-state index in [0.29, 0.717) is 5.75 Å². The number of carbonyl (C=O) groups excluding carboxylic acids is 5. The molecule has 39 heavy (non-hydrogen) atoms. The van der Waals surface area contributed by atoms with Crippen molar-refractivity contribution in [2.75, 3.05) is 41.2 Å². The Kier molecular flexibility index (Phi) is 9.70. The Balaban J connectivity index is 2.30. The average Bonchev–Trinajstić information content (AvgIpc) is 2.88. The van der Waals surface area contributed by atoms with Gasteiger partial charge >= 0.3 is 17.9 Å². The number of nitrogens with zero attached hydrogens (tertiary/aromatic N) is 1. The van der Waals surface area contributed by atoms with Crippen molar-refractivity contribution in [2.45, 2.75) is 51.2 Å². The van der Waals surface area contributed by atoms with Crippen LogP contribution in [-0.2, 0) is 47.7 Å². The van der Waals surface area contributed by atoms with Gasteiger partial charge in [0.2, 0.25) is 0 Å². The van der Waals surface area contributed by atoms with Crippen molar-refractivity contribution in [3.8, 4) is 17.2 Å². The minimum atomic E-state index is -1.45. The molecule has 1 aromatic carbocycles. The lowest BCUT2D eigenvalue weighted by atomic mass is 9.86. The number of carbonyl (C=O) groups is 5. The molecule has 2 fully saturated rings. The van der Waals surface area contributed by atoms with Crippen molar-refractivity contribution in [3.05, 3.63) is 17.7 Å². The van der Waals surface area contributed by atoms with Gasteiger partial charge in [-0.05, 0) is 0 Å². The number of hydrogen-bond donors (Lipinski definition) is 0. The largest absolute Gasteiger partial charge is 0.496 e. The van der Waals surface area contributed by atoms with E-state index in [0.717, 1.165) is 18.7 Å². The summed E-state index contributed by atoms with van der Waals surface area (Å²) in [6, 6.07) is 1.68. The summed E-state index contributed by atoms with van der Waals surface area (Å²) in [4.78, 5) is 63.1. The van der Waals surface area contributed by atoms with Crippen LogP contribution in [0.1, 0.15) is 32.4 Å². The summed E-state index contributed by atoms with van der Waals surface area (Å²) in [5, 5.41) is 0. The molecule has 0 saturated carbocycles. The fraction of sp³-hybridized carbons (Fsp3) is 0.560. The van der Waals surface area contributed by atoms with E-state index in [4.69, 9.17) is 37.9 Å². The molecule has 214 valence electrons. The van der Waals surface area contributed by atoms with E-state index >= 15 is 0 Å². The Morgan fingerprint density at radius 1 is 0.846 bits per heavy atom. The highest BCUT2D eigenvalue weighted by Crippen LogP contribution is 2.47. The first-order valence-electron chi connectivity index (χ1n) is 11.9. The highest BCUT2D eigenvalue weighted by molar-refractivity contribution is 5.99. The van der Waals surface area contributed by atoms with Crippen molar-refractivity contribution in [3.63, 3.8) is 0 Å². The van der Waals surface area contributed by atoms with Gasteiger partial charge in [-0.2, -0.15) is 0 Å². The first-order chi connectivity index (χ1) is 18.5. The molecule has 0 aromatic heterocycles. The van der Waals surface area contributed by atoms with E-state index in [9.17, 15) is 24.0 Å². The zero-order chi connectivity index (χ0) is 28.9. The van der Waals surface area contributed by atoms with Gasteiger partial charge in [0.05, 0.1) is 26.9 Å². The maximum Gasteiger partial charge on any atom is 0.303 e. The van der Waals surface area contributed by atoms with Crippen molar-refractivity contribution in [1.82, 2.24) is 4.90 Å². The molecule has 2 aliphatic rings. The topological polar surface area (TPSA) is 162 Å². The second-order valence-electron chi connectivity index (χ2n) is 8.63. The predicted octanol–water partition coefficient (Wildman–Crippen LogP) is 0.333. The Hall–Kier alpha value is -3.91. The third-order valence-electron chi connectivity index (χ3n) is 6.04. The first kappa shape index (κ1) is 29.6. The smallest absolute Gasteiger partial charge is 0.303 e. The van der Waals surface area contributed by atoms with Crippen molar-refractivity contribution in [1.29, 1.82) is 0 Å². The monoisotopic (exact) mass is 553 g/mol. The van der Waals surface area contributed by atoms with Gasteiger partial charge < -0.3 is 37.9 Å². The molecule has 2 amide bonds. The molecule has 1 aromatic rings. The zero-order valence-electron chi connectivity index (χ0n) is 22.4. The summed E-state index contributed by atoms with van der Waals surface area (Å²) in [7, 11) is 4.19. The summed E-state index contributed by atoms with van der Waals surface area (Å²) in [5.41, 5.74) is 0.226. The third-order valence-corrected chi connectivity index (χ3v) is 6.04. The van der Waals surface area contributed by atoms with E-state index in [-0.39, 0.29) is 17.1 Å². The lowest BCUT2D eigenvalue weighted by molar-refractivity contribution is -0.239. The number of hydrogen-bond acceptors (Lipinski definition) is 13. The van der Waals surface area contributed by atoms with Crippen LogP contribution in [0.3, 0.4) is 0 Å². The van der Waals surface area contributed by atoms with Gasteiger partial charge in [0.25, 0.3) is 11.8 Å². The Morgan fingerprint density at radius 2 is 1.38 bits per heavy atom. The number of amides is 2. The summed E-state index contributed by atoms with van der Waals surface area (Å²) in [5.74, 6) is -2.96. The van der Waals surface area contributed by atoms with E-state index in [2.05, 4.69) is 0 Å². The minimum absolute atomic E-state index is 0.188. The van der Waals surface area contributed by atoms with Crippen LogP contribution in [-0.4, -0.2) is 100 Å². The number of rotatable bonds is 9. The molecule has 3 rings (SSSR count). The standard InChI is InChI=1S/C25H31NO13/c1-12(27)36-9-18-23(37-13(2)28)25(38-14(3)29)22(26-19(30)10-35-11-20(26)31)24(39-18)21-16(33-5)7-15(32-4)8-17(21)34-6/h7-8,18,22-25H,9-11H2,1-6H3/t18-,22+,23-,24+,25-/m1/s1. The average molecular weight is 554 g/mol. The Bertz CT molecular complexity index is 1080. The van der Waals surface area contributed by atoms with Crippen molar-refractivity contribution < 1.29 is 61.9 Å². The van der Waals surface area contributed by atoms with Gasteiger partial charge in [-0.15, -0.1) is 0 Å². The number of benzene rings is 1. The summed E-state index contributed by atoms with van der Waals surface area (Å²) < 4.78 is 44.1. The SMILES string of the molecule is COc1cc(OC)c([C@@H]2O[C@H](COC(C)=O)[C@@H](OC(C)=O)[C@H](OC(C)=O)[C@H]2N2C(=O)COCC2=O)c(OC)c1. The molecule has 0 spiro atoms. The van der Waals surface area contributed by atoms with Gasteiger partial charge in [0.1, 0.15) is 55.3 Å². The molecule has 0 N–H and O–H groups in total. The Labute approximate surface area is 224 Å². The van der Waals surface area contributed by atoms with E-state index in [1.165, 1.54) is 40.4 Å². The molecule has 14 heteroatoms. The Morgan fingerprint density at radius 3 is 1.85 bits per heavy atom. The maximum absolute atomic E-state index is 13.1. The van der Waals surface area contributed by atoms with Crippen LogP contribution in [0, 0.1) is 0 Å². The molecule has 2 saturated heterocycles. The number of imide groups is 1. The maximum atomic E-state index is 13.1. The second-order valence-corrected chi connectivity index (χ2v) is 8.63. The summed E-state index contributed by atoms with van der Waals surface area (Å²) in [6.45, 7) is 2.12. The van der Waals surface area contributed by atoms with E-state index in [1.807, 2.05) is 0 Å². The minimum Gasteiger partial charge on any atom is -0.496 e. The molecule has 0 unspecified atom stereocenters. The van der Waals surface area contributed by atoms with Crippen molar-refractivity contribution in [2.24, 2.45) is 0 Å².